The Hall–Kier alpha value is 0.797. The van der Waals surface area contributed by atoms with E-state index in [2.05, 4.69) is 34.6 Å². The van der Waals surface area contributed by atoms with Crippen molar-refractivity contribution in [2.45, 2.75) is 45.7 Å². The highest BCUT2D eigenvalue weighted by atomic mass is 35.7. The first kappa shape index (κ1) is 11.8. The molecular formula is C8H18Cl2Si. The molecule has 0 aliphatic carbocycles. The molecule has 0 aliphatic rings. The summed E-state index contributed by atoms with van der Waals surface area (Å²) in [5, 5.41) is 0.0976. The van der Waals surface area contributed by atoms with Crippen LogP contribution in [0.25, 0.3) is 0 Å². The van der Waals surface area contributed by atoms with Crippen LogP contribution in [-0.4, -0.2) is 6.69 Å². The van der Waals surface area contributed by atoms with Crippen molar-refractivity contribution in [2.24, 2.45) is 5.92 Å². The standard InChI is InChI=1S/C8H18Cl2Si/c1-7(2)6-11(9,10)8(3,4)5/h7H,6H2,1-5H3. The van der Waals surface area contributed by atoms with E-state index in [0.717, 1.165) is 6.04 Å². The maximum Gasteiger partial charge on any atom is 0.256 e. The minimum absolute atomic E-state index is 0.0976. The molecular weight excluding hydrogens is 195 g/mol. The molecule has 0 atom stereocenters. The second-order valence-electron chi connectivity index (χ2n) is 4.55. The van der Waals surface area contributed by atoms with Gasteiger partial charge in [-0.25, -0.2) is 0 Å². The molecule has 0 amide bonds. The molecule has 0 spiro atoms. The van der Waals surface area contributed by atoms with E-state index < -0.39 is 6.69 Å². The van der Waals surface area contributed by atoms with E-state index in [1.54, 1.807) is 0 Å². The third-order valence-electron chi connectivity index (χ3n) is 1.76. The number of hydrogen-bond acceptors (Lipinski definition) is 0. The van der Waals surface area contributed by atoms with E-state index in [4.69, 9.17) is 22.2 Å². The fraction of sp³-hybridized carbons (Fsp3) is 1.00. The fourth-order valence-electron chi connectivity index (χ4n) is 0.819. The molecule has 0 saturated carbocycles. The Morgan fingerprint density at radius 3 is 1.64 bits per heavy atom. The quantitative estimate of drug-likeness (QED) is 0.472. The molecule has 11 heavy (non-hydrogen) atoms. The maximum absolute atomic E-state index is 6.31. The molecule has 0 aliphatic heterocycles. The lowest BCUT2D eigenvalue weighted by Crippen LogP contribution is -2.33. The molecule has 0 fully saturated rings. The second-order valence-corrected chi connectivity index (χ2v) is 12.3. The smallest absolute Gasteiger partial charge is 0.145 e. The summed E-state index contributed by atoms with van der Waals surface area (Å²) < 4.78 is 0. The van der Waals surface area contributed by atoms with Gasteiger partial charge in [-0.3, -0.25) is 0 Å². The predicted molar refractivity (Wildman–Crippen MR) is 56.8 cm³/mol. The van der Waals surface area contributed by atoms with Crippen molar-refractivity contribution in [1.82, 2.24) is 0 Å². The summed E-state index contributed by atoms with van der Waals surface area (Å²) in [4.78, 5) is 0. The summed E-state index contributed by atoms with van der Waals surface area (Å²) in [5.74, 6) is 0.607. The van der Waals surface area contributed by atoms with Gasteiger partial charge >= 0.3 is 0 Å². The van der Waals surface area contributed by atoms with Crippen molar-refractivity contribution in [1.29, 1.82) is 0 Å². The molecule has 0 heterocycles. The van der Waals surface area contributed by atoms with Crippen LogP contribution >= 0.6 is 22.2 Å². The highest BCUT2D eigenvalue weighted by Crippen LogP contribution is 2.46. The van der Waals surface area contributed by atoms with E-state index in [1.165, 1.54) is 0 Å². The molecule has 68 valence electrons. The molecule has 0 aromatic carbocycles. The van der Waals surface area contributed by atoms with Crippen molar-refractivity contribution in [3.8, 4) is 0 Å². The van der Waals surface area contributed by atoms with Crippen LogP contribution in [0.3, 0.4) is 0 Å². The summed E-state index contributed by atoms with van der Waals surface area (Å²) >= 11 is 12.6. The van der Waals surface area contributed by atoms with Crippen LogP contribution in [-0.2, 0) is 0 Å². The predicted octanol–water partition coefficient (Wildman–Crippen LogP) is 4.36. The lowest BCUT2D eigenvalue weighted by Gasteiger charge is -2.32. The van der Waals surface area contributed by atoms with Gasteiger partial charge in [0.1, 0.15) is 0 Å². The number of rotatable bonds is 2. The summed E-state index contributed by atoms with van der Waals surface area (Å²) in [7, 11) is 0. The maximum atomic E-state index is 6.31. The number of hydrogen-bond donors (Lipinski definition) is 0. The topological polar surface area (TPSA) is 0 Å². The van der Waals surface area contributed by atoms with Crippen molar-refractivity contribution < 1.29 is 0 Å². The van der Waals surface area contributed by atoms with E-state index in [-0.39, 0.29) is 5.04 Å². The second kappa shape index (κ2) is 3.67. The minimum Gasteiger partial charge on any atom is -0.145 e. The Morgan fingerprint density at radius 2 is 1.55 bits per heavy atom. The van der Waals surface area contributed by atoms with Crippen LogP contribution < -0.4 is 0 Å². The first-order valence-electron chi connectivity index (χ1n) is 4.04. The lowest BCUT2D eigenvalue weighted by molar-refractivity contribution is 0.679. The first-order chi connectivity index (χ1) is 4.67. The SMILES string of the molecule is CC(C)C[Si](Cl)(Cl)C(C)(C)C. The highest BCUT2D eigenvalue weighted by Gasteiger charge is 2.42. The molecule has 0 bridgehead atoms. The molecule has 0 aromatic rings. The van der Waals surface area contributed by atoms with Crippen LogP contribution in [0, 0.1) is 5.92 Å². The Labute approximate surface area is 80.7 Å². The van der Waals surface area contributed by atoms with Gasteiger partial charge in [-0.15, -0.1) is 22.2 Å². The molecule has 0 N–H and O–H groups in total. The summed E-state index contributed by atoms with van der Waals surface area (Å²) in [6, 6.07) is 0.986. The van der Waals surface area contributed by atoms with Gasteiger partial charge in [0.25, 0.3) is 6.69 Å². The Bertz CT molecular complexity index is 125. The van der Waals surface area contributed by atoms with Crippen LogP contribution in [0.1, 0.15) is 34.6 Å². The molecule has 0 rings (SSSR count). The van der Waals surface area contributed by atoms with Crippen molar-refractivity contribution in [2.75, 3.05) is 0 Å². The third kappa shape index (κ3) is 3.82. The third-order valence-corrected chi connectivity index (χ3v) is 9.61. The van der Waals surface area contributed by atoms with Crippen LogP contribution in [0.4, 0.5) is 0 Å². The number of halogens is 2. The van der Waals surface area contributed by atoms with Crippen LogP contribution in [0.15, 0.2) is 0 Å². The van der Waals surface area contributed by atoms with Gasteiger partial charge in [0.05, 0.1) is 0 Å². The van der Waals surface area contributed by atoms with E-state index in [9.17, 15) is 0 Å². The largest absolute Gasteiger partial charge is 0.256 e. The summed E-state index contributed by atoms with van der Waals surface area (Å²) in [5.41, 5.74) is 0. The monoisotopic (exact) mass is 212 g/mol. The Balaban J connectivity index is 4.22. The average Bonchev–Trinajstić information content (AvgIpc) is 1.56. The van der Waals surface area contributed by atoms with E-state index >= 15 is 0 Å². The Kier molecular flexibility index (Phi) is 3.94. The minimum atomic E-state index is -2.02. The average molecular weight is 213 g/mol. The zero-order valence-corrected chi connectivity index (χ0v) is 10.6. The van der Waals surface area contributed by atoms with Gasteiger partial charge in [-0.2, -0.15) is 0 Å². The van der Waals surface area contributed by atoms with Gasteiger partial charge in [0.15, 0.2) is 0 Å². The van der Waals surface area contributed by atoms with E-state index in [0.29, 0.717) is 5.92 Å². The van der Waals surface area contributed by atoms with Crippen LogP contribution in [0.5, 0.6) is 0 Å². The molecule has 0 aromatic heterocycles. The summed E-state index contributed by atoms with van der Waals surface area (Å²) in [6.07, 6.45) is 0. The van der Waals surface area contributed by atoms with Gasteiger partial charge in [-0.1, -0.05) is 34.6 Å². The highest BCUT2D eigenvalue weighted by molar-refractivity contribution is 7.46. The molecule has 0 saturated heterocycles. The van der Waals surface area contributed by atoms with Gasteiger partial charge in [0, 0.05) is 0 Å². The van der Waals surface area contributed by atoms with E-state index in [1.807, 2.05) is 0 Å². The zero-order chi connectivity index (χ0) is 9.28. The van der Waals surface area contributed by atoms with Gasteiger partial charge in [-0.05, 0) is 17.0 Å². The fourth-order valence-corrected chi connectivity index (χ4v) is 4.31. The molecule has 3 heteroatoms. The zero-order valence-electron chi connectivity index (χ0n) is 8.04. The van der Waals surface area contributed by atoms with Crippen molar-refractivity contribution in [3.63, 3.8) is 0 Å². The molecule has 0 nitrogen and oxygen atoms in total. The summed E-state index contributed by atoms with van der Waals surface area (Å²) in [6.45, 7) is 8.69. The lowest BCUT2D eigenvalue weighted by atomic mass is 10.2. The normalized spacial score (nSPS) is 14.2. The van der Waals surface area contributed by atoms with Gasteiger partial charge in [0.2, 0.25) is 0 Å². The molecule has 0 unspecified atom stereocenters. The Morgan fingerprint density at radius 1 is 1.18 bits per heavy atom. The first-order valence-corrected chi connectivity index (χ1v) is 8.28. The van der Waals surface area contributed by atoms with Gasteiger partial charge < -0.3 is 0 Å². The van der Waals surface area contributed by atoms with Crippen LogP contribution in [0.2, 0.25) is 11.1 Å². The van der Waals surface area contributed by atoms with Crippen molar-refractivity contribution in [3.05, 3.63) is 0 Å². The molecule has 0 radical (unpaired) electrons. The van der Waals surface area contributed by atoms with Crippen molar-refractivity contribution >= 4 is 28.9 Å².